The van der Waals surface area contributed by atoms with Crippen molar-refractivity contribution >= 4 is 6.08 Å². The lowest BCUT2D eigenvalue weighted by Gasteiger charge is -2.07. The zero-order chi connectivity index (χ0) is 6.81. The molecule has 0 nitrogen and oxygen atoms in total. The molecule has 1 aromatic rings. The first-order chi connectivity index (χ1) is 4.97. The fourth-order valence-electron chi connectivity index (χ4n) is 1.37. The molecule has 0 radical (unpaired) electrons. The van der Waals surface area contributed by atoms with Crippen LogP contribution in [0.1, 0.15) is 32.4 Å². The van der Waals surface area contributed by atoms with Gasteiger partial charge in [-0.15, -0.1) is 0 Å². The standard InChI is InChI=1S/C10H10.2CH4/c1-2-6-10-8-4-3-7-9(10)5-1;;/h1-3,5-7H,4,8H2;2*1H4. The summed E-state index contributed by atoms with van der Waals surface area (Å²) in [7, 11) is 0. The van der Waals surface area contributed by atoms with Crippen LogP contribution in [-0.4, -0.2) is 0 Å². The summed E-state index contributed by atoms with van der Waals surface area (Å²) in [5.41, 5.74) is 2.89. The van der Waals surface area contributed by atoms with Gasteiger partial charge in [-0.3, -0.25) is 0 Å². The Morgan fingerprint density at radius 2 is 1.75 bits per heavy atom. The fourth-order valence-corrected chi connectivity index (χ4v) is 1.37. The van der Waals surface area contributed by atoms with Crippen LogP contribution in [0.25, 0.3) is 6.08 Å². The summed E-state index contributed by atoms with van der Waals surface area (Å²) in [4.78, 5) is 0. The van der Waals surface area contributed by atoms with Gasteiger partial charge in [-0.2, -0.15) is 0 Å². The van der Waals surface area contributed by atoms with E-state index in [2.05, 4.69) is 36.4 Å². The molecule has 66 valence electrons. The Hall–Kier alpha value is -1.04. The molecule has 0 atom stereocenters. The van der Waals surface area contributed by atoms with Crippen LogP contribution in [0, 0.1) is 0 Å². The van der Waals surface area contributed by atoms with E-state index in [0.717, 1.165) is 0 Å². The minimum atomic E-state index is 0. The van der Waals surface area contributed by atoms with Crippen LogP contribution < -0.4 is 0 Å². The van der Waals surface area contributed by atoms with Crippen molar-refractivity contribution in [3.63, 3.8) is 0 Å². The van der Waals surface area contributed by atoms with Crippen molar-refractivity contribution in [3.8, 4) is 0 Å². The molecule has 1 aliphatic carbocycles. The van der Waals surface area contributed by atoms with Crippen LogP contribution in [0.2, 0.25) is 0 Å². The van der Waals surface area contributed by atoms with Crippen LogP contribution in [-0.2, 0) is 6.42 Å². The Labute approximate surface area is 75.9 Å². The summed E-state index contributed by atoms with van der Waals surface area (Å²) in [6, 6.07) is 8.58. The maximum absolute atomic E-state index is 2.24. The average molecular weight is 162 g/mol. The molecule has 0 saturated heterocycles. The summed E-state index contributed by atoms with van der Waals surface area (Å²) in [5, 5.41) is 0. The number of hydrogen-bond donors (Lipinski definition) is 0. The lowest BCUT2D eigenvalue weighted by Crippen LogP contribution is -1.91. The van der Waals surface area contributed by atoms with Gasteiger partial charge in [-0.05, 0) is 24.0 Å². The first kappa shape index (κ1) is 11.0. The SMILES string of the molecule is C.C.C1=Cc2ccccc2CC1. The smallest absolute Gasteiger partial charge is 0.0228 e. The normalized spacial score (nSPS) is 12.3. The van der Waals surface area contributed by atoms with Crippen molar-refractivity contribution in [1.82, 2.24) is 0 Å². The predicted octanol–water partition coefficient (Wildman–Crippen LogP) is 3.92. The average Bonchev–Trinajstić information content (AvgIpc) is 2.05. The first-order valence-electron chi connectivity index (χ1n) is 3.71. The minimum absolute atomic E-state index is 0. The van der Waals surface area contributed by atoms with E-state index in [1.54, 1.807) is 0 Å². The number of fused-ring (bicyclic) bond motifs is 1. The Morgan fingerprint density at radius 1 is 1.00 bits per heavy atom. The number of allylic oxidation sites excluding steroid dienone is 1. The van der Waals surface area contributed by atoms with Crippen LogP contribution in [0.15, 0.2) is 30.3 Å². The van der Waals surface area contributed by atoms with E-state index in [1.807, 2.05) is 0 Å². The maximum Gasteiger partial charge on any atom is -0.0228 e. The van der Waals surface area contributed by atoms with Gasteiger partial charge in [0, 0.05) is 0 Å². The molecular weight excluding hydrogens is 144 g/mol. The second kappa shape index (κ2) is 4.76. The summed E-state index contributed by atoms with van der Waals surface area (Å²) in [6.45, 7) is 0. The molecule has 1 aliphatic rings. The molecular formula is C12H18. The zero-order valence-corrected chi connectivity index (χ0v) is 5.88. The second-order valence-corrected chi connectivity index (χ2v) is 2.64. The molecule has 0 heterocycles. The summed E-state index contributed by atoms with van der Waals surface area (Å²) in [6.07, 6.45) is 6.87. The monoisotopic (exact) mass is 162 g/mol. The predicted molar refractivity (Wildman–Crippen MR) is 57.3 cm³/mol. The lowest BCUT2D eigenvalue weighted by atomic mass is 9.98. The molecule has 0 heteroatoms. The highest BCUT2D eigenvalue weighted by molar-refractivity contribution is 5.55. The Balaban J connectivity index is 0.000000605. The third kappa shape index (κ3) is 1.97. The van der Waals surface area contributed by atoms with Gasteiger partial charge >= 0.3 is 0 Å². The molecule has 0 bridgehead atoms. The third-order valence-electron chi connectivity index (χ3n) is 1.93. The first-order valence-corrected chi connectivity index (χ1v) is 3.71. The number of rotatable bonds is 0. The molecule has 0 fully saturated rings. The molecule has 12 heavy (non-hydrogen) atoms. The minimum Gasteiger partial charge on any atom is -0.0836 e. The topological polar surface area (TPSA) is 0 Å². The highest BCUT2D eigenvalue weighted by Gasteiger charge is 2.00. The van der Waals surface area contributed by atoms with Crippen molar-refractivity contribution in [2.24, 2.45) is 0 Å². The molecule has 0 unspecified atom stereocenters. The van der Waals surface area contributed by atoms with Gasteiger partial charge in [0.1, 0.15) is 0 Å². The Morgan fingerprint density at radius 3 is 2.50 bits per heavy atom. The van der Waals surface area contributed by atoms with Gasteiger partial charge in [-0.25, -0.2) is 0 Å². The van der Waals surface area contributed by atoms with Gasteiger partial charge in [0.2, 0.25) is 0 Å². The van der Waals surface area contributed by atoms with E-state index in [-0.39, 0.29) is 14.9 Å². The molecule has 0 amide bonds. The van der Waals surface area contributed by atoms with Crippen LogP contribution in [0.4, 0.5) is 0 Å². The van der Waals surface area contributed by atoms with E-state index in [0.29, 0.717) is 0 Å². The highest BCUT2D eigenvalue weighted by atomic mass is 14.1. The van der Waals surface area contributed by atoms with Gasteiger partial charge in [-0.1, -0.05) is 51.3 Å². The molecule has 1 aromatic carbocycles. The van der Waals surface area contributed by atoms with Crippen LogP contribution in [0.5, 0.6) is 0 Å². The third-order valence-corrected chi connectivity index (χ3v) is 1.93. The summed E-state index contributed by atoms with van der Waals surface area (Å²) < 4.78 is 0. The highest BCUT2D eigenvalue weighted by Crippen LogP contribution is 2.17. The fraction of sp³-hybridized carbons (Fsp3) is 0.333. The summed E-state index contributed by atoms with van der Waals surface area (Å²) >= 11 is 0. The van der Waals surface area contributed by atoms with E-state index in [1.165, 1.54) is 24.0 Å². The number of aryl methyl sites for hydroxylation is 1. The van der Waals surface area contributed by atoms with E-state index in [9.17, 15) is 0 Å². The Bertz CT molecular complexity index is 258. The van der Waals surface area contributed by atoms with Crippen molar-refractivity contribution in [3.05, 3.63) is 41.5 Å². The maximum atomic E-state index is 2.24. The molecule has 0 spiro atoms. The zero-order valence-electron chi connectivity index (χ0n) is 5.88. The molecule has 0 N–H and O–H groups in total. The molecule has 0 saturated carbocycles. The van der Waals surface area contributed by atoms with Gasteiger partial charge in [0.25, 0.3) is 0 Å². The van der Waals surface area contributed by atoms with Gasteiger partial charge < -0.3 is 0 Å². The Kier molecular flexibility index (Phi) is 4.35. The number of benzene rings is 1. The van der Waals surface area contributed by atoms with E-state index in [4.69, 9.17) is 0 Å². The quantitative estimate of drug-likeness (QED) is 0.542. The lowest BCUT2D eigenvalue weighted by molar-refractivity contribution is 0.986. The molecule has 0 aliphatic heterocycles. The second-order valence-electron chi connectivity index (χ2n) is 2.64. The van der Waals surface area contributed by atoms with E-state index >= 15 is 0 Å². The van der Waals surface area contributed by atoms with Crippen molar-refractivity contribution < 1.29 is 0 Å². The number of hydrogen-bond acceptors (Lipinski definition) is 0. The molecule has 2 rings (SSSR count). The van der Waals surface area contributed by atoms with Gasteiger partial charge in [0.05, 0.1) is 0 Å². The van der Waals surface area contributed by atoms with Crippen molar-refractivity contribution in [1.29, 1.82) is 0 Å². The van der Waals surface area contributed by atoms with Gasteiger partial charge in [0.15, 0.2) is 0 Å². The van der Waals surface area contributed by atoms with Crippen molar-refractivity contribution in [2.45, 2.75) is 27.7 Å². The summed E-state index contributed by atoms with van der Waals surface area (Å²) in [5.74, 6) is 0. The largest absolute Gasteiger partial charge is 0.0836 e. The van der Waals surface area contributed by atoms with Crippen LogP contribution in [0.3, 0.4) is 0 Å². The molecule has 0 aromatic heterocycles. The van der Waals surface area contributed by atoms with E-state index < -0.39 is 0 Å². The van der Waals surface area contributed by atoms with Crippen LogP contribution >= 0.6 is 0 Å². The van der Waals surface area contributed by atoms with Crippen molar-refractivity contribution in [2.75, 3.05) is 0 Å².